The molecule has 0 radical (unpaired) electrons. The summed E-state index contributed by atoms with van der Waals surface area (Å²) in [6.45, 7) is 0.541. The van der Waals surface area contributed by atoms with Crippen LogP contribution < -0.4 is 4.74 Å². The van der Waals surface area contributed by atoms with E-state index in [1.807, 2.05) is 0 Å². The maximum atomic E-state index is 10.7. The average Bonchev–Trinajstić information content (AvgIpc) is 2.39. The number of phenols is 1. The summed E-state index contributed by atoms with van der Waals surface area (Å²) < 4.78 is 5.41. The third kappa shape index (κ3) is 5.48. The number of para-hydroxylation sites is 2. The van der Waals surface area contributed by atoms with Crippen LogP contribution in [-0.4, -0.2) is 23.8 Å². The molecule has 1 rings (SSSR count). The first-order chi connectivity index (χ1) is 8.74. The molecular weight excluding hydrogens is 232 g/mol. The van der Waals surface area contributed by atoms with E-state index in [-0.39, 0.29) is 11.5 Å². The molecule has 1 N–H and O–H groups in total. The monoisotopic (exact) mass is 250 g/mol. The second-order valence-electron chi connectivity index (χ2n) is 4.06. The minimum absolute atomic E-state index is 0.147. The third-order valence-electron chi connectivity index (χ3n) is 2.57. The fourth-order valence-corrected chi connectivity index (χ4v) is 1.58. The molecule has 0 saturated carbocycles. The van der Waals surface area contributed by atoms with Crippen molar-refractivity contribution in [1.29, 1.82) is 0 Å². The van der Waals surface area contributed by atoms with Gasteiger partial charge >= 0.3 is 0 Å². The zero-order valence-electron chi connectivity index (χ0n) is 10.3. The Hall–Kier alpha value is -1.84. The minimum Gasteiger partial charge on any atom is -0.504 e. The summed E-state index contributed by atoms with van der Waals surface area (Å²) >= 11 is 0. The molecule has 0 saturated heterocycles. The first kappa shape index (κ1) is 14.2. The van der Waals surface area contributed by atoms with E-state index in [2.05, 4.69) is 0 Å². The molecule has 18 heavy (non-hydrogen) atoms. The summed E-state index contributed by atoms with van der Waals surface area (Å²) in [5, 5.41) is 9.44. The number of carbonyl (C=O) groups is 2. The fraction of sp³-hybridized carbons (Fsp3) is 0.429. The first-order valence-electron chi connectivity index (χ1n) is 6.13. The highest BCUT2D eigenvalue weighted by Gasteiger charge is 2.00. The van der Waals surface area contributed by atoms with Gasteiger partial charge in [0.25, 0.3) is 0 Å². The normalized spacial score (nSPS) is 10.0. The van der Waals surface area contributed by atoms with Gasteiger partial charge in [-0.2, -0.15) is 0 Å². The predicted octanol–water partition coefficient (Wildman–Crippen LogP) is 2.49. The highest BCUT2D eigenvalue weighted by molar-refractivity contribution is 6.24. The van der Waals surface area contributed by atoms with Crippen LogP contribution in [0.25, 0.3) is 0 Å². The molecule has 0 unspecified atom stereocenters. The van der Waals surface area contributed by atoms with E-state index < -0.39 is 0 Å². The number of aldehydes is 1. The Kier molecular flexibility index (Phi) is 6.54. The number of rotatable bonds is 9. The van der Waals surface area contributed by atoms with E-state index in [0.29, 0.717) is 25.1 Å². The fourth-order valence-electron chi connectivity index (χ4n) is 1.58. The average molecular weight is 250 g/mol. The molecular formula is C14H18O4. The van der Waals surface area contributed by atoms with Gasteiger partial charge in [-0.1, -0.05) is 25.0 Å². The van der Waals surface area contributed by atoms with E-state index in [1.54, 1.807) is 24.3 Å². The predicted molar refractivity (Wildman–Crippen MR) is 67.8 cm³/mol. The quantitative estimate of drug-likeness (QED) is 0.415. The van der Waals surface area contributed by atoms with Gasteiger partial charge in [0.1, 0.15) is 0 Å². The number of benzene rings is 1. The van der Waals surface area contributed by atoms with Crippen LogP contribution in [0.4, 0.5) is 0 Å². The summed E-state index contributed by atoms with van der Waals surface area (Å²) in [6.07, 6.45) is 4.17. The smallest absolute Gasteiger partial charge is 0.195 e. The molecule has 98 valence electrons. The third-order valence-corrected chi connectivity index (χ3v) is 2.57. The molecule has 0 aliphatic heterocycles. The van der Waals surface area contributed by atoms with E-state index in [9.17, 15) is 14.7 Å². The summed E-state index contributed by atoms with van der Waals surface area (Å²) in [4.78, 5) is 20.8. The van der Waals surface area contributed by atoms with E-state index in [1.165, 1.54) is 0 Å². The van der Waals surface area contributed by atoms with Crippen molar-refractivity contribution in [1.82, 2.24) is 0 Å². The summed E-state index contributed by atoms with van der Waals surface area (Å²) in [6, 6.07) is 6.85. The topological polar surface area (TPSA) is 63.6 Å². The van der Waals surface area contributed by atoms with Crippen molar-refractivity contribution < 1.29 is 19.4 Å². The standard InChI is InChI=1S/C14H18O4/c15-11-12(16)7-3-1-2-6-10-18-14-9-5-4-8-13(14)17/h4-5,8-9,11,17H,1-3,6-7,10H2. The van der Waals surface area contributed by atoms with Crippen LogP contribution in [0, 0.1) is 0 Å². The molecule has 0 fully saturated rings. The van der Waals surface area contributed by atoms with Crippen LogP contribution in [0.3, 0.4) is 0 Å². The number of hydrogen-bond donors (Lipinski definition) is 1. The Morgan fingerprint density at radius 3 is 2.61 bits per heavy atom. The molecule has 0 atom stereocenters. The minimum atomic E-state index is -0.333. The van der Waals surface area contributed by atoms with Crippen LogP contribution in [0.1, 0.15) is 32.1 Å². The zero-order chi connectivity index (χ0) is 13.2. The molecule has 0 bridgehead atoms. The summed E-state index contributed by atoms with van der Waals surface area (Å²) in [7, 11) is 0. The second kappa shape index (κ2) is 8.28. The Labute approximate surface area is 107 Å². The van der Waals surface area contributed by atoms with Gasteiger partial charge in [0, 0.05) is 6.42 Å². The zero-order valence-corrected chi connectivity index (χ0v) is 10.3. The van der Waals surface area contributed by atoms with Crippen LogP contribution in [-0.2, 0) is 9.59 Å². The van der Waals surface area contributed by atoms with E-state index >= 15 is 0 Å². The Morgan fingerprint density at radius 2 is 1.89 bits per heavy atom. The van der Waals surface area contributed by atoms with Crippen molar-refractivity contribution in [3.8, 4) is 11.5 Å². The molecule has 4 heteroatoms. The second-order valence-corrected chi connectivity index (χ2v) is 4.06. The van der Waals surface area contributed by atoms with Crippen molar-refractivity contribution in [3.63, 3.8) is 0 Å². The van der Waals surface area contributed by atoms with Crippen molar-refractivity contribution in [2.45, 2.75) is 32.1 Å². The number of hydrogen-bond acceptors (Lipinski definition) is 4. The highest BCUT2D eigenvalue weighted by atomic mass is 16.5. The van der Waals surface area contributed by atoms with Gasteiger partial charge in [-0.15, -0.1) is 0 Å². The number of unbranched alkanes of at least 4 members (excludes halogenated alkanes) is 3. The Balaban J connectivity index is 2.04. The van der Waals surface area contributed by atoms with Crippen LogP contribution in [0.15, 0.2) is 24.3 Å². The van der Waals surface area contributed by atoms with Crippen LogP contribution in [0.2, 0.25) is 0 Å². The first-order valence-corrected chi connectivity index (χ1v) is 6.13. The van der Waals surface area contributed by atoms with Crippen molar-refractivity contribution in [3.05, 3.63) is 24.3 Å². The molecule has 0 heterocycles. The van der Waals surface area contributed by atoms with Gasteiger partial charge < -0.3 is 9.84 Å². The number of carbonyl (C=O) groups excluding carboxylic acids is 2. The largest absolute Gasteiger partial charge is 0.504 e. The van der Waals surface area contributed by atoms with Gasteiger partial charge in [0.05, 0.1) is 6.61 Å². The van der Waals surface area contributed by atoms with Gasteiger partial charge in [-0.3, -0.25) is 9.59 Å². The van der Waals surface area contributed by atoms with Gasteiger partial charge in [0.15, 0.2) is 23.6 Å². The van der Waals surface area contributed by atoms with Gasteiger partial charge in [-0.25, -0.2) is 0 Å². The molecule has 0 aromatic heterocycles. The van der Waals surface area contributed by atoms with Gasteiger partial charge in [0.2, 0.25) is 0 Å². The van der Waals surface area contributed by atoms with Crippen LogP contribution in [0.5, 0.6) is 11.5 Å². The number of phenolic OH excluding ortho intramolecular Hbond substituents is 1. The molecule has 0 aliphatic rings. The van der Waals surface area contributed by atoms with E-state index in [4.69, 9.17) is 4.74 Å². The Bertz CT molecular complexity index is 387. The lowest BCUT2D eigenvalue weighted by atomic mass is 10.1. The lowest BCUT2D eigenvalue weighted by Gasteiger charge is -2.07. The number of Topliss-reactive ketones (excluding diaryl/α,β-unsaturated/α-hetero) is 1. The van der Waals surface area contributed by atoms with Crippen molar-refractivity contribution in [2.75, 3.05) is 6.61 Å². The highest BCUT2D eigenvalue weighted by Crippen LogP contribution is 2.24. The summed E-state index contributed by atoms with van der Waals surface area (Å²) in [5.41, 5.74) is 0. The number of aromatic hydroxyl groups is 1. The van der Waals surface area contributed by atoms with Crippen molar-refractivity contribution >= 4 is 12.1 Å². The molecule has 0 spiro atoms. The van der Waals surface area contributed by atoms with Gasteiger partial charge in [-0.05, 0) is 25.0 Å². The summed E-state index contributed by atoms with van der Waals surface area (Å²) in [5.74, 6) is 0.308. The lowest BCUT2D eigenvalue weighted by molar-refractivity contribution is -0.129. The molecule has 0 aliphatic carbocycles. The maximum Gasteiger partial charge on any atom is 0.195 e. The molecule has 1 aromatic carbocycles. The molecule has 1 aromatic rings. The van der Waals surface area contributed by atoms with Crippen molar-refractivity contribution in [2.24, 2.45) is 0 Å². The SMILES string of the molecule is O=CC(=O)CCCCCCOc1ccccc1O. The number of ether oxygens (including phenoxy) is 1. The maximum absolute atomic E-state index is 10.7. The molecule has 4 nitrogen and oxygen atoms in total. The Morgan fingerprint density at radius 1 is 1.17 bits per heavy atom. The van der Waals surface area contributed by atoms with Crippen LogP contribution >= 0.6 is 0 Å². The van der Waals surface area contributed by atoms with E-state index in [0.717, 1.165) is 25.7 Å². The molecule has 0 amide bonds. The number of ketones is 1. The lowest BCUT2D eigenvalue weighted by Crippen LogP contribution is -1.99.